The van der Waals surface area contributed by atoms with E-state index >= 15 is 0 Å². The summed E-state index contributed by atoms with van der Waals surface area (Å²) in [7, 11) is 0.395. The van der Waals surface area contributed by atoms with E-state index < -0.39 is 10.0 Å². The van der Waals surface area contributed by atoms with Crippen LogP contribution in [0.15, 0.2) is 21.3 Å². The lowest BCUT2D eigenvalue weighted by Crippen LogP contribution is -2.41. The molecule has 0 bridgehead atoms. The number of hydrogen-bond donors (Lipinski definition) is 1. The number of aliphatic imine (C=N–C) groups is 1. The van der Waals surface area contributed by atoms with Gasteiger partial charge in [0.2, 0.25) is 0 Å². The number of halogens is 1. The van der Waals surface area contributed by atoms with E-state index in [-0.39, 0.29) is 24.0 Å². The van der Waals surface area contributed by atoms with E-state index in [2.05, 4.69) is 15.2 Å². The molecular formula is C19H35IN4O3S2. The highest BCUT2D eigenvalue weighted by molar-refractivity contribution is 14.0. The van der Waals surface area contributed by atoms with Gasteiger partial charge in [0, 0.05) is 51.8 Å². The number of nitrogens with zero attached hydrogens (tertiary/aromatic N) is 3. The number of sulfonamides is 1. The molecule has 0 aromatic carbocycles. The molecule has 1 aliphatic carbocycles. The Hall–Kier alpha value is -0.430. The first-order chi connectivity index (χ1) is 13.4. The van der Waals surface area contributed by atoms with Gasteiger partial charge in [0.1, 0.15) is 4.21 Å². The van der Waals surface area contributed by atoms with Crippen LogP contribution in [0.1, 0.15) is 31.6 Å². The van der Waals surface area contributed by atoms with Crippen molar-refractivity contribution in [1.82, 2.24) is 14.5 Å². The Labute approximate surface area is 197 Å². The molecule has 1 fully saturated rings. The van der Waals surface area contributed by atoms with Gasteiger partial charge in [0.15, 0.2) is 5.96 Å². The number of nitrogens with one attached hydrogen (secondary N) is 1. The fourth-order valence-corrected chi connectivity index (χ4v) is 5.81. The van der Waals surface area contributed by atoms with Crippen LogP contribution in [0, 0.1) is 5.92 Å². The quantitative estimate of drug-likeness (QED) is 0.185. The van der Waals surface area contributed by atoms with Crippen molar-refractivity contribution >= 4 is 51.3 Å². The first kappa shape index (κ1) is 26.6. The Morgan fingerprint density at radius 3 is 2.59 bits per heavy atom. The summed E-state index contributed by atoms with van der Waals surface area (Å²) in [5, 5.41) is 3.34. The molecule has 0 aliphatic heterocycles. The highest BCUT2D eigenvalue weighted by atomic mass is 127. The molecule has 0 atom stereocenters. The average Bonchev–Trinajstić information content (AvgIpc) is 3.37. The Kier molecular flexibility index (Phi) is 12.0. The van der Waals surface area contributed by atoms with Crippen LogP contribution >= 0.6 is 35.3 Å². The van der Waals surface area contributed by atoms with E-state index in [1.165, 1.54) is 28.5 Å². The van der Waals surface area contributed by atoms with Crippen molar-refractivity contribution in [2.75, 3.05) is 53.5 Å². The third kappa shape index (κ3) is 8.31. The van der Waals surface area contributed by atoms with E-state index in [1.807, 2.05) is 27.0 Å². The predicted octanol–water partition coefficient (Wildman–Crippen LogP) is 2.87. The van der Waals surface area contributed by atoms with Gasteiger partial charge in [0.25, 0.3) is 10.0 Å². The highest BCUT2D eigenvalue weighted by Gasteiger charge is 2.23. The van der Waals surface area contributed by atoms with Crippen molar-refractivity contribution < 1.29 is 13.2 Å². The molecule has 1 N–H and O–H groups in total. The van der Waals surface area contributed by atoms with Crippen molar-refractivity contribution in [1.29, 1.82) is 0 Å². The zero-order valence-corrected chi connectivity index (χ0v) is 21.9. The number of rotatable bonds is 12. The normalized spacial score (nSPS) is 14.7. The van der Waals surface area contributed by atoms with E-state index in [0.717, 1.165) is 36.3 Å². The molecule has 0 spiro atoms. The van der Waals surface area contributed by atoms with Gasteiger partial charge in [-0.2, -0.15) is 4.31 Å². The molecule has 0 unspecified atom stereocenters. The fourth-order valence-electron chi connectivity index (χ4n) is 2.85. The fraction of sp³-hybridized carbons (Fsp3) is 0.737. The van der Waals surface area contributed by atoms with Gasteiger partial charge in [-0.05, 0) is 37.3 Å². The Morgan fingerprint density at radius 2 is 2.00 bits per heavy atom. The standard InChI is InChI=1S/C19H34N4O3S2.HI/c1-5-23(6-2)28(24,25)18-10-9-17(27-18)11-12-21-19(20-3)22(4)13-14-26-15-16-7-8-16;/h9-10,16H,5-8,11-15H2,1-4H3,(H,20,21);1H. The molecule has 0 amide bonds. The second-order valence-electron chi connectivity index (χ2n) is 6.97. The summed E-state index contributed by atoms with van der Waals surface area (Å²) in [4.78, 5) is 7.41. The van der Waals surface area contributed by atoms with Gasteiger partial charge in [0.05, 0.1) is 6.61 Å². The molecule has 0 radical (unpaired) electrons. The molecule has 10 heteroatoms. The first-order valence-corrected chi connectivity index (χ1v) is 12.3. The van der Waals surface area contributed by atoms with Gasteiger partial charge in [-0.1, -0.05) is 13.8 Å². The monoisotopic (exact) mass is 558 g/mol. The smallest absolute Gasteiger partial charge is 0.252 e. The van der Waals surface area contributed by atoms with Gasteiger partial charge in [-0.3, -0.25) is 4.99 Å². The van der Waals surface area contributed by atoms with Crippen LogP contribution < -0.4 is 5.32 Å². The van der Waals surface area contributed by atoms with Crippen molar-refractivity contribution in [3.05, 3.63) is 17.0 Å². The molecule has 7 nitrogen and oxygen atoms in total. The zero-order valence-electron chi connectivity index (χ0n) is 17.9. The molecule has 1 aromatic heterocycles. The summed E-state index contributed by atoms with van der Waals surface area (Å²) < 4.78 is 32.8. The average molecular weight is 559 g/mol. The summed E-state index contributed by atoms with van der Waals surface area (Å²) >= 11 is 1.35. The van der Waals surface area contributed by atoms with Crippen LogP contribution in [0.3, 0.4) is 0 Å². The molecule has 2 rings (SSSR count). The topological polar surface area (TPSA) is 74.2 Å². The minimum absolute atomic E-state index is 0. The van der Waals surface area contributed by atoms with Crippen molar-refractivity contribution in [3.8, 4) is 0 Å². The van der Waals surface area contributed by atoms with E-state index in [9.17, 15) is 8.42 Å². The second-order valence-corrected chi connectivity index (χ2v) is 10.3. The number of ether oxygens (including phenoxy) is 1. The van der Waals surface area contributed by atoms with E-state index in [0.29, 0.717) is 30.5 Å². The highest BCUT2D eigenvalue weighted by Crippen LogP contribution is 2.28. The molecule has 0 saturated heterocycles. The first-order valence-electron chi connectivity index (χ1n) is 10.0. The third-order valence-corrected chi connectivity index (χ3v) is 8.45. The van der Waals surface area contributed by atoms with Crippen molar-refractivity contribution in [2.45, 2.75) is 37.3 Å². The number of thiophene rings is 1. The number of guanidine groups is 1. The summed E-state index contributed by atoms with van der Waals surface area (Å²) in [6.45, 7) is 7.75. The number of hydrogen-bond acceptors (Lipinski definition) is 5. The lowest BCUT2D eigenvalue weighted by Gasteiger charge is -2.22. The van der Waals surface area contributed by atoms with E-state index in [1.54, 1.807) is 13.1 Å². The van der Waals surface area contributed by atoms with Crippen LogP contribution in [0.4, 0.5) is 0 Å². The second kappa shape index (κ2) is 13.1. The van der Waals surface area contributed by atoms with Gasteiger partial charge < -0.3 is 15.0 Å². The number of likely N-dealkylation sites (N-methyl/N-ethyl adjacent to an activating group) is 1. The Bertz CT molecular complexity index is 732. The van der Waals surface area contributed by atoms with Crippen molar-refractivity contribution in [3.63, 3.8) is 0 Å². The minimum atomic E-state index is -3.37. The molecule has 29 heavy (non-hydrogen) atoms. The van der Waals surface area contributed by atoms with E-state index in [4.69, 9.17) is 4.74 Å². The Morgan fingerprint density at radius 1 is 1.31 bits per heavy atom. The van der Waals surface area contributed by atoms with Gasteiger partial charge in [-0.15, -0.1) is 35.3 Å². The van der Waals surface area contributed by atoms with Crippen molar-refractivity contribution in [2.24, 2.45) is 10.9 Å². The summed E-state index contributed by atoms with van der Waals surface area (Å²) in [6, 6.07) is 3.62. The SMILES string of the molecule is CCN(CC)S(=O)(=O)c1ccc(CCNC(=NC)N(C)CCOCC2CC2)s1.I. The van der Waals surface area contributed by atoms with Crippen LogP contribution in [0.25, 0.3) is 0 Å². The third-order valence-electron chi connectivity index (χ3n) is 4.79. The maximum absolute atomic E-state index is 12.6. The largest absolute Gasteiger partial charge is 0.379 e. The minimum Gasteiger partial charge on any atom is -0.379 e. The van der Waals surface area contributed by atoms with Crippen LogP contribution in [-0.4, -0.2) is 77.1 Å². The van der Waals surface area contributed by atoms with Crippen LogP contribution in [0.5, 0.6) is 0 Å². The zero-order chi connectivity index (χ0) is 20.6. The summed E-state index contributed by atoms with van der Waals surface area (Å²) in [5.41, 5.74) is 0. The molecule has 1 heterocycles. The van der Waals surface area contributed by atoms with Gasteiger partial charge >= 0.3 is 0 Å². The van der Waals surface area contributed by atoms with Gasteiger partial charge in [-0.25, -0.2) is 8.42 Å². The van der Waals surface area contributed by atoms with Crippen LogP contribution in [-0.2, 0) is 21.2 Å². The molecule has 168 valence electrons. The molecular weight excluding hydrogens is 523 g/mol. The maximum Gasteiger partial charge on any atom is 0.252 e. The Balaban J connectivity index is 0.00000420. The van der Waals surface area contributed by atoms with Crippen LogP contribution in [0.2, 0.25) is 0 Å². The summed E-state index contributed by atoms with van der Waals surface area (Å²) in [5.74, 6) is 1.60. The molecule has 1 aliphatic rings. The summed E-state index contributed by atoms with van der Waals surface area (Å²) in [6.07, 6.45) is 3.36. The predicted molar refractivity (Wildman–Crippen MR) is 131 cm³/mol. The molecule has 1 aromatic rings. The lowest BCUT2D eigenvalue weighted by atomic mass is 10.3. The maximum atomic E-state index is 12.6. The lowest BCUT2D eigenvalue weighted by molar-refractivity contribution is 0.115. The molecule has 1 saturated carbocycles.